The summed E-state index contributed by atoms with van der Waals surface area (Å²) in [5, 5.41) is 3.09. The maximum atomic E-state index is 12.6. The van der Waals surface area contributed by atoms with Gasteiger partial charge in [-0.25, -0.2) is 4.98 Å². The van der Waals surface area contributed by atoms with Gasteiger partial charge in [-0.3, -0.25) is 4.79 Å². The van der Waals surface area contributed by atoms with E-state index in [1.54, 1.807) is 18.4 Å². The molecule has 164 valence electrons. The number of thiazole rings is 1. The van der Waals surface area contributed by atoms with Crippen molar-refractivity contribution in [3.05, 3.63) is 95.3 Å². The molecular formula is C26H27N3O2S. The van der Waals surface area contributed by atoms with Crippen molar-refractivity contribution in [2.24, 2.45) is 0 Å². The van der Waals surface area contributed by atoms with E-state index in [1.165, 1.54) is 0 Å². The van der Waals surface area contributed by atoms with E-state index in [0.717, 1.165) is 33.3 Å². The molecule has 2 aromatic heterocycles. The van der Waals surface area contributed by atoms with Gasteiger partial charge in [-0.05, 0) is 42.0 Å². The zero-order valence-corrected chi connectivity index (χ0v) is 19.2. The van der Waals surface area contributed by atoms with Crippen molar-refractivity contribution in [1.82, 2.24) is 14.5 Å². The van der Waals surface area contributed by atoms with Crippen LogP contribution in [0.3, 0.4) is 0 Å². The molecule has 5 nitrogen and oxygen atoms in total. The fraction of sp³-hybridized carbons (Fsp3) is 0.231. The number of methoxy groups -OCH3 is 1. The number of aromatic nitrogens is 2. The summed E-state index contributed by atoms with van der Waals surface area (Å²) in [5.74, 6) is 0.987. The second-order valence-electron chi connectivity index (χ2n) is 7.59. The number of hydrogen-bond acceptors (Lipinski definition) is 4. The Morgan fingerprint density at radius 3 is 2.53 bits per heavy atom. The smallest absolute Gasteiger partial charge is 0.222 e. The van der Waals surface area contributed by atoms with Crippen LogP contribution in [0, 0.1) is 0 Å². The molecule has 6 heteroatoms. The van der Waals surface area contributed by atoms with E-state index in [9.17, 15) is 4.79 Å². The van der Waals surface area contributed by atoms with Gasteiger partial charge >= 0.3 is 0 Å². The van der Waals surface area contributed by atoms with Gasteiger partial charge in [0.25, 0.3) is 0 Å². The summed E-state index contributed by atoms with van der Waals surface area (Å²) in [6.45, 7) is 3.77. The molecule has 0 unspecified atom stereocenters. The highest BCUT2D eigenvalue weighted by Gasteiger charge is 2.15. The van der Waals surface area contributed by atoms with Crippen molar-refractivity contribution in [2.75, 3.05) is 7.11 Å². The molecule has 0 fully saturated rings. The summed E-state index contributed by atoms with van der Waals surface area (Å²) >= 11 is 1.64. The van der Waals surface area contributed by atoms with E-state index in [-0.39, 0.29) is 5.91 Å². The molecule has 0 saturated heterocycles. The van der Waals surface area contributed by atoms with Gasteiger partial charge in [0.05, 0.1) is 25.9 Å². The quantitative estimate of drug-likeness (QED) is 0.337. The average molecular weight is 446 g/mol. The molecule has 4 aromatic rings. The van der Waals surface area contributed by atoms with Gasteiger partial charge in [-0.15, -0.1) is 11.3 Å². The van der Waals surface area contributed by atoms with E-state index < -0.39 is 0 Å². The van der Waals surface area contributed by atoms with Gasteiger partial charge in [0.15, 0.2) is 0 Å². The summed E-state index contributed by atoms with van der Waals surface area (Å²) in [6.07, 6.45) is 2.55. The van der Waals surface area contributed by atoms with Gasteiger partial charge < -0.3 is 14.2 Å². The van der Waals surface area contributed by atoms with Gasteiger partial charge in [0.2, 0.25) is 5.91 Å². The third-order valence-electron chi connectivity index (χ3n) is 5.37. The predicted molar refractivity (Wildman–Crippen MR) is 129 cm³/mol. The molecule has 0 bridgehead atoms. The van der Waals surface area contributed by atoms with Crippen LogP contribution in [0.1, 0.15) is 30.3 Å². The molecule has 0 N–H and O–H groups in total. The highest BCUT2D eigenvalue weighted by Crippen LogP contribution is 2.26. The highest BCUT2D eigenvalue weighted by molar-refractivity contribution is 7.13. The van der Waals surface area contributed by atoms with Crippen molar-refractivity contribution in [1.29, 1.82) is 0 Å². The topological polar surface area (TPSA) is 47.4 Å². The molecule has 2 heterocycles. The molecule has 0 aliphatic rings. The van der Waals surface area contributed by atoms with Crippen LogP contribution in [-0.2, 0) is 24.4 Å². The largest absolute Gasteiger partial charge is 0.497 e. The maximum Gasteiger partial charge on any atom is 0.222 e. The number of ether oxygens (including phenoxy) is 1. The van der Waals surface area contributed by atoms with Crippen LogP contribution in [-0.4, -0.2) is 27.5 Å². The number of amides is 1. The molecule has 0 atom stereocenters. The average Bonchev–Trinajstić information content (AvgIpc) is 3.49. The normalized spacial score (nSPS) is 10.8. The Labute approximate surface area is 192 Å². The van der Waals surface area contributed by atoms with E-state index in [4.69, 9.17) is 9.72 Å². The number of carbonyl (C=O) groups is 1. The Morgan fingerprint density at radius 2 is 1.81 bits per heavy atom. The van der Waals surface area contributed by atoms with Crippen LogP contribution in [0.4, 0.5) is 0 Å². The Hall–Kier alpha value is -3.38. The Kier molecular flexibility index (Phi) is 7.02. The second kappa shape index (κ2) is 10.3. The Morgan fingerprint density at radius 1 is 1.03 bits per heavy atom. The first-order valence-electron chi connectivity index (χ1n) is 10.7. The summed E-state index contributed by atoms with van der Waals surface area (Å²) in [6, 6.07) is 22.2. The minimum Gasteiger partial charge on any atom is -0.497 e. The first-order chi connectivity index (χ1) is 15.7. The fourth-order valence-corrected chi connectivity index (χ4v) is 4.44. The Bertz CT molecular complexity index is 1150. The van der Waals surface area contributed by atoms with E-state index >= 15 is 0 Å². The van der Waals surface area contributed by atoms with Crippen molar-refractivity contribution < 1.29 is 9.53 Å². The molecule has 2 aromatic carbocycles. The standard InChI is InChI=1S/C26H27N3O2S/c1-3-25(30)29(16-20-8-5-4-6-9-20)18-23-10-7-15-28(23)17-22-19-32-26(27-22)21-11-13-24(31-2)14-12-21/h4-15,19H,3,16-18H2,1-2H3. The lowest BCUT2D eigenvalue weighted by atomic mass is 10.2. The van der Waals surface area contributed by atoms with E-state index in [0.29, 0.717) is 26.1 Å². The van der Waals surface area contributed by atoms with Crippen LogP contribution in [0.15, 0.2) is 78.3 Å². The summed E-state index contributed by atoms with van der Waals surface area (Å²) in [5.41, 5.74) is 4.32. The monoisotopic (exact) mass is 445 g/mol. The van der Waals surface area contributed by atoms with E-state index in [1.807, 2.05) is 60.4 Å². The van der Waals surface area contributed by atoms with Gasteiger partial charge in [0, 0.05) is 35.8 Å². The van der Waals surface area contributed by atoms with Crippen molar-refractivity contribution in [3.8, 4) is 16.3 Å². The number of rotatable bonds is 9. The highest BCUT2D eigenvalue weighted by atomic mass is 32.1. The lowest BCUT2D eigenvalue weighted by Crippen LogP contribution is -2.30. The zero-order valence-electron chi connectivity index (χ0n) is 18.4. The van der Waals surface area contributed by atoms with Crippen molar-refractivity contribution in [3.63, 3.8) is 0 Å². The van der Waals surface area contributed by atoms with E-state index in [2.05, 4.69) is 34.3 Å². The molecule has 0 spiro atoms. The molecular weight excluding hydrogens is 418 g/mol. The lowest BCUT2D eigenvalue weighted by Gasteiger charge is -2.23. The van der Waals surface area contributed by atoms with Crippen LogP contribution in [0.25, 0.3) is 10.6 Å². The number of carbonyl (C=O) groups excluding carboxylic acids is 1. The predicted octanol–water partition coefficient (Wildman–Crippen LogP) is 5.61. The minimum absolute atomic E-state index is 0.150. The van der Waals surface area contributed by atoms with Crippen LogP contribution >= 0.6 is 11.3 Å². The number of benzene rings is 2. The molecule has 1 amide bonds. The first-order valence-corrected chi connectivity index (χ1v) is 11.6. The molecule has 0 aliphatic carbocycles. The Balaban J connectivity index is 1.48. The summed E-state index contributed by atoms with van der Waals surface area (Å²) in [7, 11) is 1.67. The second-order valence-corrected chi connectivity index (χ2v) is 8.45. The van der Waals surface area contributed by atoms with Crippen LogP contribution in [0.5, 0.6) is 5.75 Å². The van der Waals surface area contributed by atoms with Crippen molar-refractivity contribution in [2.45, 2.75) is 33.0 Å². The third kappa shape index (κ3) is 5.26. The molecule has 0 aliphatic heterocycles. The summed E-state index contributed by atoms with van der Waals surface area (Å²) < 4.78 is 7.41. The minimum atomic E-state index is 0.150. The molecule has 4 rings (SSSR count). The maximum absolute atomic E-state index is 12.6. The first kappa shape index (κ1) is 21.8. The number of nitrogens with zero attached hydrogens (tertiary/aromatic N) is 3. The van der Waals surface area contributed by atoms with Crippen LogP contribution < -0.4 is 4.74 Å². The van der Waals surface area contributed by atoms with Gasteiger partial charge in [-0.1, -0.05) is 37.3 Å². The van der Waals surface area contributed by atoms with Crippen molar-refractivity contribution >= 4 is 17.2 Å². The molecule has 32 heavy (non-hydrogen) atoms. The zero-order chi connectivity index (χ0) is 22.3. The SMILES string of the molecule is CCC(=O)N(Cc1ccccc1)Cc1cccn1Cc1csc(-c2ccc(OC)cc2)n1. The number of hydrogen-bond donors (Lipinski definition) is 0. The van der Waals surface area contributed by atoms with Gasteiger partial charge in [-0.2, -0.15) is 0 Å². The fourth-order valence-electron chi connectivity index (χ4n) is 3.62. The third-order valence-corrected chi connectivity index (χ3v) is 6.31. The van der Waals surface area contributed by atoms with Crippen LogP contribution in [0.2, 0.25) is 0 Å². The molecule has 0 saturated carbocycles. The molecule has 0 radical (unpaired) electrons. The summed E-state index contributed by atoms with van der Waals surface area (Å²) in [4.78, 5) is 19.4. The van der Waals surface area contributed by atoms with Gasteiger partial charge in [0.1, 0.15) is 10.8 Å². The lowest BCUT2D eigenvalue weighted by molar-refractivity contribution is -0.132.